The van der Waals surface area contributed by atoms with E-state index in [4.69, 9.17) is 5.11 Å². The third-order valence-corrected chi connectivity index (χ3v) is 2.43. The van der Waals surface area contributed by atoms with E-state index in [-0.39, 0.29) is 5.69 Å². The van der Waals surface area contributed by atoms with E-state index in [1.807, 2.05) is 0 Å². The van der Waals surface area contributed by atoms with E-state index in [1.165, 1.54) is 23.5 Å². The molecule has 2 rings (SSSR count). The number of carboxylic acid groups (broad SMARTS) is 1. The largest absolute Gasteiger partial charge is 0.476 e. The molecular formula is C14H16N2O2. The van der Waals surface area contributed by atoms with Crippen molar-refractivity contribution in [3.63, 3.8) is 0 Å². The lowest BCUT2D eigenvalue weighted by atomic mass is 10.1. The van der Waals surface area contributed by atoms with Crippen LogP contribution in [0.25, 0.3) is 0 Å². The number of carboxylic acids is 1. The smallest absolute Gasteiger partial charge is 0.356 e. The van der Waals surface area contributed by atoms with E-state index in [9.17, 15) is 4.79 Å². The predicted molar refractivity (Wildman–Crippen MR) is 69.6 cm³/mol. The summed E-state index contributed by atoms with van der Waals surface area (Å²) in [6.45, 7) is 5.99. The highest BCUT2D eigenvalue weighted by atomic mass is 16.4. The maximum Gasteiger partial charge on any atom is 0.356 e. The molecule has 0 aliphatic rings. The van der Waals surface area contributed by atoms with Crippen molar-refractivity contribution in [1.29, 1.82) is 0 Å². The molecule has 0 saturated heterocycles. The number of nitrogens with zero attached hydrogens (tertiary/aromatic N) is 2. The van der Waals surface area contributed by atoms with Gasteiger partial charge in [0.05, 0.1) is 11.9 Å². The molecule has 0 spiro atoms. The van der Waals surface area contributed by atoms with Crippen molar-refractivity contribution in [1.82, 2.24) is 9.97 Å². The van der Waals surface area contributed by atoms with E-state index in [0.29, 0.717) is 5.69 Å². The normalized spacial score (nSPS) is 9.28. The summed E-state index contributed by atoms with van der Waals surface area (Å²) in [5.41, 5.74) is 3.43. The number of hydrogen-bond acceptors (Lipinski definition) is 3. The second kappa shape index (κ2) is 6.49. The Morgan fingerprint density at radius 2 is 1.56 bits per heavy atom. The van der Waals surface area contributed by atoms with Gasteiger partial charge in [0.1, 0.15) is 0 Å². The Morgan fingerprint density at radius 1 is 1.00 bits per heavy atom. The van der Waals surface area contributed by atoms with Crippen LogP contribution >= 0.6 is 0 Å². The van der Waals surface area contributed by atoms with Crippen molar-refractivity contribution in [2.45, 2.75) is 20.8 Å². The minimum Gasteiger partial charge on any atom is -0.476 e. The average molecular weight is 244 g/mol. The number of aromatic nitrogens is 2. The van der Waals surface area contributed by atoms with Crippen LogP contribution in [0.1, 0.15) is 27.3 Å². The minimum absolute atomic E-state index is 0.0226. The van der Waals surface area contributed by atoms with Gasteiger partial charge in [0.2, 0.25) is 0 Å². The molecule has 0 fully saturated rings. The summed E-state index contributed by atoms with van der Waals surface area (Å²) in [5.74, 6) is -1.05. The molecule has 4 heteroatoms. The lowest BCUT2D eigenvalue weighted by molar-refractivity contribution is 0.0690. The van der Waals surface area contributed by atoms with Crippen molar-refractivity contribution >= 4 is 5.97 Å². The lowest BCUT2D eigenvalue weighted by Gasteiger charge is -1.93. The molecule has 4 nitrogen and oxygen atoms in total. The highest BCUT2D eigenvalue weighted by molar-refractivity contribution is 5.84. The summed E-state index contributed by atoms with van der Waals surface area (Å²) < 4.78 is 0. The quantitative estimate of drug-likeness (QED) is 0.837. The summed E-state index contributed by atoms with van der Waals surface area (Å²) in [4.78, 5) is 17.6. The first-order valence-corrected chi connectivity index (χ1v) is 5.55. The fraction of sp³-hybridized carbons (Fsp3) is 0.214. The van der Waals surface area contributed by atoms with E-state index in [2.05, 4.69) is 48.1 Å². The third-order valence-electron chi connectivity index (χ3n) is 2.43. The van der Waals surface area contributed by atoms with Crippen molar-refractivity contribution in [3.05, 3.63) is 59.2 Å². The number of benzene rings is 1. The second-order valence-electron chi connectivity index (χ2n) is 3.93. The van der Waals surface area contributed by atoms with Gasteiger partial charge < -0.3 is 5.11 Å². The zero-order valence-electron chi connectivity index (χ0n) is 10.7. The van der Waals surface area contributed by atoms with Gasteiger partial charge in [0.15, 0.2) is 5.69 Å². The van der Waals surface area contributed by atoms with Gasteiger partial charge in [-0.1, -0.05) is 24.3 Å². The van der Waals surface area contributed by atoms with Gasteiger partial charge in [-0.15, -0.1) is 0 Å². The standard InChI is InChI=1S/C8H10.C6H6N2O2/c1-7-5-3-4-6-8(7)2;1-4-2-8-5(3-7-4)6(9)10/h3-6H,1-2H3;2-3H,1H3,(H,9,10). The Hall–Kier alpha value is -2.23. The number of aryl methyl sites for hydroxylation is 3. The van der Waals surface area contributed by atoms with Gasteiger partial charge in [-0.2, -0.15) is 0 Å². The van der Waals surface area contributed by atoms with Crippen LogP contribution in [0, 0.1) is 20.8 Å². The second-order valence-corrected chi connectivity index (χ2v) is 3.93. The predicted octanol–water partition coefficient (Wildman–Crippen LogP) is 2.79. The Bertz CT molecular complexity index is 501. The summed E-state index contributed by atoms with van der Waals surface area (Å²) in [6.07, 6.45) is 2.65. The molecule has 0 aliphatic heterocycles. The first kappa shape index (κ1) is 13.8. The van der Waals surface area contributed by atoms with Crippen LogP contribution in [0.3, 0.4) is 0 Å². The maximum absolute atomic E-state index is 10.2. The first-order chi connectivity index (χ1) is 8.50. The van der Waals surface area contributed by atoms with Gasteiger partial charge >= 0.3 is 5.97 Å². The van der Waals surface area contributed by atoms with Crippen LogP contribution in [0.4, 0.5) is 0 Å². The van der Waals surface area contributed by atoms with Crippen LogP contribution in [-0.2, 0) is 0 Å². The van der Waals surface area contributed by atoms with Gasteiger partial charge in [-0.3, -0.25) is 4.98 Å². The fourth-order valence-corrected chi connectivity index (χ4v) is 1.17. The molecule has 0 aliphatic carbocycles. The fourth-order valence-electron chi connectivity index (χ4n) is 1.17. The zero-order valence-corrected chi connectivity index (χ0v) is 10.7. The van der Waals surface area contributed by atoms with Gasteiger partial charge in [-0.05, 0) is 31.9 Å². The number of hydrogen-bond donors (Lipinski definition) is 1. The van der Waals surface area contributed by atoms with E-state index in [1.54, 1.807) is 6.92 Å². The molecular weight excluding hydrogens is 228 g/mol. The highest BCUT2D eigenvalue weighted by Gasteiger charge is 2.01. The van der Waals surface area contributed by atoms with Crippen LogP contribution in [0.2, 0.25) is 0 Å². The molecule has 1 aromatic heterocycles. The van der Waals surface area contributed by atoms with E-state index < -0.39 is 5.97 Å². The summed E-state index contributed by atoms with van der Waals surface area (Å²) in [5, 5.41) is 8.37. The van der Waals surface area contributed by atoms with Crippen LogP contribution in [0.15, 0.2) is 36.7 Å². The Balaban J connectivity index is 0.000000184. The molecule has 94 valence electrons. The first-order valence-electron chi connectivity index (χ1n) is 5.55. The molecule has 0 unspecified atom stereocenters. The molecule has 0 atom stereocenters. The van der Waals surface area contributed by atoms with E-state index in [0.717, 1.165) is 0 Å². The summed E-state index contributed by atoms with van der Waals surface area (Å²) in [7, 11) is 0. The molecule has 0 saturated carbocycles. The Labute approximate surface area is 106 Å². The number of aromatic carboxylic acids is 1. The molecule has 0 amide bonds. The average Bonchev–Trinajstić information content (AvgIpc) is 2.34. The number of rotatable bonds is 1. The molecule has 1 aromatic carbocycles. The van der Waals surface area contributed by atoms with Gasteiger partial charge in [-0.25, -0.2) is 9.78 Å². The van der Waals surface area contributed by atoms with Crippen molar-refractivity contribution in [3.8, 4) is 0 Å². The van der Waals surface area contributed by atoms with Crippen molar-refractivity contribution in [2.24, 2.45) is 0 Å². The maximum atomic E-state index is 10.2. The third kappa shape index (κ3) is 4.33. The van der Waals surface area contributed by atoms with Crippen LogP contribution in [0.5, 0.6) is 0 Å². The van der Waals surface area contributed by atoms with E-state index >= 15 is 0 Å². The van der Waals surface area contributed by atoms with Crippen molar-refractivity contribution in [2.75, 3.05) is 0 Å². The van der Waals surface area contributed by atoms with Gasteiger partial charge in [0, 0.05) is 6.20 Å². The molecule has 1 N–H and O–H groups in total. The Morgan fingerprint density at radius 3 is 1.89 bits per heavy atom. The molecule has 1 heterocycles. The summed E-state index contributed by atoms with van der Waals surface area (Å²) >= 11 is 0. The molecule has 0 bridgehead atoms. The topological polar surface area (TPSA) is 63.1 Å². The molecule has 18 heavy (non-hydrogen) atoms. The SMILES string of the molecule is Cc1ccccc1C.Cc1cnc(C(=O)O)cn1. The molecule has 2 aromatic rings. The van der Waals surface area contributed by atoms with Crippen molar-refractivity contribution < 1.29 is 9.90 Å². The van der Waals surface area contributed by atoms with Gasteiger partial charge in [0.25, 0.3) is 0 Å². The van der Waals surface area contributed by atoms with Crippen LogP contribution in [-0.4, -0.2) is 21.0 Å². The monoisotopic (exact) mass is 244 g/mol. The molecule has 0 radical (unpaired) electrons. The Kier molecular flexibility index (Phi) is 4.99. The lowest BCUT2D eigenvalue weighted by Crippen LogP contribution is -2.00. The van der Waals surface area contributed by atoms with Crippen LogP contribution < -0.4 is 0 Å². The highest BCUT2D eigenvalue weighted by Crippen LogP contribution is 2.02. The number of carbonyl (C=O) groups is 1. The zero-order chi connectivity index (χ0) is 13.5. The minimum atomic E-state index is -1.05. The summed E-state index contributed by atoms with van der Waals surface area (Å²) in [6, 6.07) is 8.36.